The van der Waals surface area contributed by atoms with Crippen molar-refractivity contribution in [1.82, 2.24) is 4.57 Å². The highest BCUT2D eigenvalue weighted by molar-refractivity contribution is 7.07. The summed E-state index contributed by atoms with van der Waals surface area (Å²) >= 11 is 7.86. The summed E-state index contributed by atoms with van der Waals surface area (Å²) in [6.07, 6.45) is 3.16. The largest absolute Gasteiger partial charge is 0.493 e. The minimum Gasteiger partial charge on any atom is -0.493 e. The maximum absolute atomic E-state index is 14.0. The van der Waals surface area contributed by atoms with Gasteiger partial charge in [0.1, 0.15) is 6.61 Å². The number of carbonyl (C=O) groups is 1. The first kappa shape index (κ1) is 31.9. The van der Waals surface area contributed by atoms with E-state index in [-0.39, 0.29) is 11.1 Å². The maximum Gasteiger partial charge on any atom is 0.337 e. The predicted molar refractivity (Wildman–Crippen MR) is 173 cm³/mol. The molecule has 234 valence electrons. The molecule has 0 fully saturated rings. The van der Waals surface area contributed by atoms with Gasteiger partial charge in [-0.05, 0) is 67.8 Å². The smallest absolute Gasteiger partial charge is 0.337 e. The quantitative estimate of drug-likeness (QED) is 0.202. The number of carbonyl (C=O) groups excluding carboxylic acids is 1. The monoisotopic (exact) mass is 648 g/mol. The Morgan fingerprint density at radius 3 is 2.49 bits per heavy atom. The lowest BCUT2D eigenvalue weighted by Gasteiger charge is -2.23. The Morgan fingerprint density at radius 1 is 1.00 bits per heavy atom. The molecular weight excluding hydrogens is 616 g/mol. The van der Waals surface area contributed by atoms with Gasteiger partial charge in [0.25, 0.3) is 5.56 Å². The first-order chi connectivity index (χ1) is 21.8. The van der Waals surface area contributed by atoms with Crippen LogP contribution in [0.4, 0.5) is 0 Å². The van der Waals surface area contributed by atoms with Crippen molar-refractivity contribution in [2.75, 3.05) is 27.4 Å². The van der Waals surface area contributed by atoms with E-state index in [9.17, 15) is 9.59 Å². The number of aryl methyl sites for hydroxylation is 1. The Hall–Kier alpha value is -4.54. The second-order valence-electron chi connectivity index (χ2n) is 10.1. The van der Waals surface area contributed by atoms with Crippen LogP contribution in [0.3, 0.4) is 0 Å². The number of ether oxygens (including phenoxy) is 5. The molecule has 1 aliphatic heterocycles. The number of fused-ring (bicyclic) bond motifs is 1. The van der Waals surface area contributed by atoms with Crippen LogP contribution in [-0.4, -0.2) is 38.0 Å². The van der Waals surface area contributed by atoms with Crippen molar-refractivity contribution < 1.29 is 28.5 Å². The van der Waals surface area contributed by atoms with Crippen LogP contribution < -0.4 is 33.8 Å². The third-order valence-electron chi connectivity index (χ3n) is 7.02. The van der Waals surface area contributed by atoms with Crippen LogP contribution in [0.1, 0.15) is 42.1 Å². The van der Waals surface area contributed by atoms with E-state index in [1.165, 1.54) is 36.3 Å². The van der Waals surface area contributed by atoms with Gasteiger partial charge in [-0.3, -0.25) is 9.36 Å². The van der Waals surface area contributed by atoms with E-state index >= 15 is 0 Å². The van der Waals surface area contributed by atoms with E-state index in [1.54, 1.807) is 36.4 Å². The number of benzene rings is 3. The van der Waals surface area contributed by atoms with Gasteiger partial charge in [0.2, 0.25) is 0 Å². The van der Waals surface area contributed by atoms with E-state index in [0.29, 0.717) is 68.3 Å². The number of esters is 1. The molecule has 11 heteroatoms. The van der Waals surface area contributed by atoms with E-state index < -0.39 is 12.0 Å². The standard InChI is InChI=1S/C34H33ClN2O7S/c1-6-42-26-12-11-23(17-27(26)43-7-2)30-24(33(39)41-5)18-36-34-37(30)32(38)29(45-34)16-22-14-25(35)31(28(15-22)40-4)44-19-21-10-8-9-20(3)13-21/h8-18,30H,6-7,19H2,1-5H3/b29-16-/t30-/m0/s1. The molecule has 5 rings (SSSR count). The third-order valence-corrected chi connectivity index (χ3v) is 8.30. The molecule has 3 aromatic carbocycles. The van der Waals surface area contributed by atoms with Gasteiger partial charge in [-0.2, -0.15) is 0 Å². The summed E-state index contributed by atoms with van der Waals surface area (Å²) in [5, 5.41) is 0.338. The molecule has 0 N–H and O–H groups in total. The molecule has 9 nitrogen and oxygen atoms in total. The Labute approximate surface area is 269 Å². The summed E-state index contributed by atoms with van der Waals surface area (Å²) in [4.78, 5) is 31.7. The predicted octanol–water partition coefficient (Wildman–Crippen LogP) is 5.36. The molecule has 0 aliphatic carbocycles. The lowest BCUT2D eigenvalue weighted by atomic mass is 9.97. The van der Waals surface area contributed by atoms with Crippen LogP contribution in [0.25, 0.3) is 6.08 Å². The van der Waals surface area contributed by atoms with Crippen molar-refractivity contribution in [3.8, 4) is 23.0 Å². The third kappa shape index (κ3) is 6.77. The number of halogens is 1. The van der Waals surface area contributed by atoms with Crippen molar-refractivity contribution in [3.05, 3.63) is 113 Å². The molecule has 2 heterocycles. The minimum absolute atomic E-state index is 0.211. The van der Waals surface area contributed by atoms with Crippen LogP contribution >= 0.6 is 22.9 Å². The minimum atomic E-state index is -0.804. The highest BCUT2D eigenvalue weighted by Crippen LogP contribution is 2.38. The molecule has 0 radical (unpaired) electrons. The fraction of sp³-hybridized carbons (Fsp3) is 0.265. The van der Waals surface area contributed by atoms with Crippen molar-refractivity contribution >= 4 is 35.0 Å². The summed E-state index contributed by atoms with van der Waals surface area (Å²) in [7, 11) is 2.82. The summed E-state index contributed by atoms with van der Waals surface area (Å²) in [5.74, 6) is 1.31. The molecule has 1 aromatic heterocycles. The van der Waals surface area contributed by atoms with E-state index in [4.69, 9.17) is 35.3 Å². The fourth-order valence-electron chi connectivity index (χ4n) is 5.06. The van der Waals surface area contributed by atoms with Gasteiger partial charge < -0.3 is 23.7 Å². The topological polar surface area (TPSA) is 97.6 Å². The zero-order valence-electron chi connectivity index (χ0n) is 25.6. The number of hydrogen-bond donors (Lipinski definition) is 0. The van der Waals surface area contributed by atoms with Gasteiger partial charge in [-0.25, -0.2) is 9.79 Å². The number of aromatic nitrogens is 1. The number of methoxy groups -OCH3 is 2. The van der Waals surface area contributed by atoms with Gasteiger partial charge in [0, 0.05) is 6.20 Å². The second kappa shape index (κ2) is 14.0. The molecular formula is C34H33ClN2O7S. The van der Waals surface area contributed by atoms with E-state index in [1.807, 2.05) is 45.0 Å². The summed E-state index contributed by atoms with van der Waals surface area (Å²) in [6.45, 7) is 6.95. The summed E-state index contributed by atoms with van der Waals surface area (Å²) in [6, 6.07) is 16.0. The number of hydrogen-bond acceptors (Lipinski definition) is 9. The van der Waals surface area contributed by atoms with Crippen molar-refractivity contribution in [2.24, 2.45) is 4.99 Å². The van der Waals surface area contributed by atoms with Crippen molar-refractivity contribution in [2.45, 2.75) is 33.4 Å². The van der Waals surface area contributed by atoms with E-state index in [2.05, 4.69) is 4.99 Å². The summed E-state index contributed by atoms with van der Waals surface area (Å²) in [5.41, 5.74) is 3.28. The van der Waals surface area contributed by atoms with Gasteiger partial charge in [-0.1, -0.05) is 58.8 Å². The molecule has 0 saturated heterocycles. The number of rotatable bonds is 11. The van der Waals surface area contributed by atoms with Crippen LogP contribution in [0.15, 0.2) is 76.2 Å². The highest BCUT2D eigenvalue weighted by Gasteiger charge is 2.31. The van der Waals surface area contributed by atoms with Gasteiger partial charge >= 0.3 is 5.97 Å². The van der Waals surface area contributed by atoms with E-state index in [0.717, 1.165) is 11.1 Å². The SMILES string of the molecule is CCOc1ccc([C@H]2C(C(=O)OC)=CN=c3s/c(=C\c4cc(Cl)c(OCc5cccc(C)c5)c(OC)c4)c(=O)n32)cc1OCC. The van der Waals surface area contributed by atoms with Crippen molar-refractivity contribution in [3.63, 3.8) is 0 Å². The lowest BCUT2D eigenvalue weighted by molar-refractivity contribution is -0.136. The lowest BCUT2D eigenvalue weighted by Crippen LogP contribution is -2.39. The zero-order chi connectivity index (χ0) is 32.1. The Balaban J connectivity index is 1.56. The van der Waals surface area contributed by atoms with Gasteiger partial charge in [0.15, 0.2) is 27.8 Å². The van der Waals surface area contributed by atoms with Crippen LogP contribution in [0, 0.1) is 6.92 Å². The van der Waals surface area contributed by atoms with Crippen LogP contribution in [0.2, 0.25) is 5.02 Å². The molecule has 45 heavy (non-hydrogen) atoms. The van der Waals surface area contributed by atoms with Crippen LogP contribution in [0.5, 0.6) is 23.0 Å². The molecule has 4 aromatic rings. The Bertz CT molecular complexity index is 1950. The molecule has 0 saturated carbocycles. The molecule has 1 atom stereocenters. The normalized spacial score (nSPS) is 14.2. The molecule has 0 unspecified atom stereocenters. The summed E-state index contributed by atoms with van der Waals surface area (Å²) < 4.78 is 30.1. The van der Waals surface area contributed by atoms with Gasteiger partial charge in [0.05, 0.1) is 48.6 Å². The zero-order valence-corrected chi connectivity index (χ0v) is 27.2. The molecule has 0 spiro atoms. The average Bonchev–Trinajstić information content (AvgIpc) is 3.35. The number of nitrogens with zero attached hydrogens (tertiary/aromatic N) is 2. The van der Waals surface area contributed by atoms with Crippen molar-refractivity contribution in [1.29, 1.82) is 0 Å². The average molecular weight is 649 g/mol. The fourth-order valence-corrected chi connectivity index (χ4v) is 6.30. The first-order valence-electron chi connectivity index (χ1n) is 14.3. The van der Waals surface area contributed by atoms with Gasteiger partial charge in [-0.15, -0.1) is 0 Å². The molecule has 0 amide bonds. The maximum atomic E-state index is 14.0. The Kier molecular flexibility index (Phi) is 9.95. The second-order valence-corrected chi connectivity index (χ2v) is 11.5. The molecule has 0 bridgehead atoms. The highest BCUT2D eigenvalue weighted by atomic mass is 35.5. The van der Waals surface area contributed by atoms with Crippen LogP contribution in [-0.2, 0) is 16.1 Å². The molecule has 1 aliphatic rings. The number of thiazole rings is 1. The Morgan fingerprint density at radius 2 is 1.78 bits per heavy atom. The first-order valence-corrected chi connectivity index (χ1v) is 15.5.